The third-order valence-corrected chi connectivity index (χ3v) is 4.60. The molecule has 3 aromatic rings. The fourth-order valence-electron chi connectivity index (χ4n) is 2.81. The molecule has 2 aromatic carbocycles. The first kappa shape index (κ1) is 25.0. The molecule has 0 fully saturated rings. The summed E-state index contributed by atoms with van der Waals surface area (Å²) in [6.07, 6.45) is 0. The van der Waals surface area contributed by atoms with Gasteiger partial charge in [-0.2, -0.15) is 0 Å². The predicted octanol–water partition coefficient (Wildman–Crippen LogP) is 1.85. The molecule has 168 valence electrons. The van der Waals surface area contributed by atoms with Crippen molar-refractivity contribution in [3.05, 3.63) is 76.3 Å². The Morgan fingerprint density at radius 1 is 1.12 bits per heavy atom. The minimum atomic E-state index is -0.421. The standard InChI is InChI=1S/C21H21ClN6O3.ClH/c1-27(2)21(31)20-25-17(12-24-18(29)11-23)28(26-20)16-9-8-14(22)10-15(16)19(30)13-6-4-3-5-7-13;/h3-10H,11-12,23H2,1-2H3,(H,24,29);1H. The van der Waals surface area contributed by atoms with E-state index in [0.717, 1.165) is 0 Å². The molecule has 2 amide bonds. The number of nitrogens with one attached hydrogen (secondary N) is 1. The number of aromatic nitrogens is 3. The quantitative estimate of drug-likeness (QED) is 0.501. The van der Waals surface area contributed by atoms with Crippen molar-refractivity contribution in [2.45, 2.75) is 6.54 Å². The van der Waals surface area contributed by atoms with Crippen LogP contribution in [0.15, 0.2) is 48.5 Å². The summed E-state index contributed by atoms with van der Waals surface area (Å²) in [4.78, 5) is 42.9. The third-order valence-electron chi connectivity index (χ3n) is 4.37. The number of ketones is 1. The highest BCUT2D eigenvalue weighted by atomic mass is 35.5. The van der Waals surface area contributed by atoms with Gasteiger partial charge in [-0.05, 0) is 18.2 Å². The Morgan fingerprint density at radius 2 is 1.81 bits per heavy atom. The van der Waals surface area contributed by atoms with Gasteiger partial charge in [0.2, 0.25) is 11.7 Å². The Bertz CT molecular complexity index is 1130. The van der Waals surface area contributed by atoms with Crippen molar-refractivity contribution in [1.82, 2.24) is 25.0 Å². The summed E-state index contributed by atoms with van der Waals surface area (Å²) in [5, 5.41) is 7.28. The molecule has 3 N–H and O–H groups in total. The summed E-state index contributed by atoms with van der Waals surface area (Å²) >= 11 is 6.17. The van der Waals surface area contributed by atoms with E-state index in [4.69, 9.17) is 17.3 Å². The van der Waals surface area contributed by atoms with Crippen LogP contribution in [0.5, 0.6) is 0 Å². The molecule has 0 aliphatic rings. The molecule has 0 atom stereocenters. The van der Waals surface area contributed by atoms with Gasteiger partial charge in [0.25, 0.3) is 5.91 Å². The van der Waals surface area contributed by atoms with E-state index >= 15 is 0 Å². The number of nitrogens with zero attached hydrogens (tertiary/aromatic N) is 4. The van der Waals surface area contributed by atoms with E-state index in [1.165, 1.54) is 15.6 Å². The lowest BCUT2D eigenvalue weighted by molar-refractivity contribution is -0.119. The first-order chi connectivity index (χ1) is 14.8. The van der Waals surface area contributed by atoms with Crippen LogP contribution in [0.2, 0.25) is 5.02 Å². The van der Waals surface area contributed by atoms with Crippen molar-refractivity contribution in [1.29, 1.82) is 0 Å². The molecule has 11 heteroatoms. The Kier molecular flexibility index (Phi) is 8.48. The topological polar surface area (TPSA) is 123 Å². The molecular weight excluding hydrogens is 455 g/mol. The summed E-state index contributed by atoms with van der Waals surface area (Å²) in [7, 11) is 3.15. The van der Waals surface area contributed by atoms with Crippen molar-refractivity contribution in [2.24, 2.45) is 5.73 Å². The first-order valence-corrected chi connectivity index (χ1v) is 9.73. The number of rotatable bonds is 7. The van der Waals surface area contributed by atoms with E-state index in [0.29, 0.717) is 16.3 Å². The molecule has 0 bridgehead atoms. The molecular formula is C21H22Cl2N6O3. The van der Waals surface area contributed by atoms with Crippen LogP contribution in [0.1, 0.15) is 32.4 Å². The lowest BCUT2D eigenvalue weighted by Gasteiger charge is -2.12. The van der Waals surface area contributed by atoms with Gasteiger partial charge in [0.15, 0.2) is 11.6 Å². The second kappa shape index (κ2) is 10.9. The highest BCUT2D eigenvalue weighted by Gasteiger charge is 2.23. The molecule has 0 aliphatic heterocycles. The van der Waals surface area contributed by atoms with Crippen LogP contribution in [0.25, 0.3) is 5.69 Å². The molecule has 0 saturated carbocycles. The summed E-state index contributed by atoms with van der Waals surface area (Å²) in [5.41, 5.74) is 6.47. The van der Waals surface area contributed by atoms with Gasteiger partial charge < -0.3 is 16.0 Å². The Morgan fingerprint density at radius 3 is 2.44 bits per heavy atom. The van der Waals surface area contributed by atoms with Gasteiger partial charge in [-0.3, -0.25) is 14.4 Å². The van der Waals surface area contributed by atoms with Gasteiger partial charge in [0.1, 0.15) is 0 Å². The van der Waals surface area contributed by atoms with Crippen LogP contribution in [-0.2, 0) is 11.3 Å². The second-order valence-electron chi connectivity index (χ2n) is 6.80. The van der Waals surface area contributed by atoms with E-state index < -0.39 is 11.8 Å². The van der Waals surface area contributed by atoms with Gasteiger partial charge in [0, 0.05) is 30.2 Å². The zero-order valence-electron chi connectivity index (χ0n) is 17.4. The third kappa shape index (κ3) is 5.50. The minimum absolute atomic E-state index is 0. The van der Waals surface area contributed by atoms with Gasteiger partial charge in [-0.25, -0.2) is 9.67 Å². The molecule has 32 heavy (non-hydrogen) atoms. The summed E-state index contributed by atoms with van der Waals surface area (Å²) < 4.78 is 1.36. The van der Waals surface area contributed by atoms with Crippen molar-refractivity contribution < 1.29 is 14.4 Å². The van der Waals surface area contributed by atoms with Gasteiger partial charge in [0.05, 0.1) is 18.8 Å². The molecule has 1 heterocycles. The van der Waals surface area contributed by atoms with Crippen LogP contribution < -0.4 is 11.1 Å². The normalized spacial score (nSPS) is 10.2. The van der Waals surface area contributed by atoms with E-state index in [-0.39, 0.29) is 48.5 Å². The predicted molar refractivity (Wildman–Crippen MR) is 122 cm³/mol. The van der Waals surface area contributed by atoms with Crippen molar-refractivity contribution >= 4 is 41.6 Å². The molecule has 0 aliphatic carbocycles. The molecule has 3 rings (SSSR count). The maximum atomic E-state index is 13.2. The zero-order chi connectivity index (χ0) is 22.5. The largest absolute Gasteiger partial charge is 0.348 e. The fraction of sp³-hybridized carbons (Fsp3) is 0.190. The van der Waals surface area contributed by atoms with E-state index in [2.05, 4.69) is 15.4 Å². The Hall–Kier alpha value is -3.27. The van der Waals surface area contributed by atoms with Gasteiger partial charge in [-0.15, -0.1) is 17.5 Å². The minimum Gasteiger partial charge on any atom is -0.348 e. The van der Waals surface area contributed by atoms with Crippen molar-refractivity contribution in [3.8, 4) is 5.69 Å². The number of carbonyl (C=O) groups is 3. The van der Waals surface area contributed by atoms with Crippen molar-refractivity contribution in [3.63, 3.8) is 0 Å². The Labute approximate surface area is 196 Å². The highest BCUT2D eigenvalue weighted by molar-refractivity contribution is 6.31. The summed E-state index contributed by atoms with van der Waals surface area (Å²) in [6.45, 7) is -0.234. The molecule has 0 saturated heterocycles. The lowest BCUT2D eigenvalue weighted by Crippen LogP contribution is -2.30. The van der Waals surface area contributed by atoms with Crippen LogP contribution in [0, 0.1) is 0 Å². The summed E-state index contributed by atoms with van der Waals surface area (Å²) in [5.74, 6) is -0.903. The van der Waals surface area contributed by atoms with Gasteiger partial charge >= 0.3 is 0 Å². The number of amides is 2. The number of benzene rings is 2. The molecule has 9 nitrogen and oxygen atoms in total. The van der Waals surface area contributed by atoms with Crippen LogP contribution in [-0.4, -0.2) is 57.9 Å². The average molecular weight is 477 g/mol. The molecule has 0 spiro atoms. The van der Waals surface area contributed by atoms with Gasteiger partial charge in [-0.1, -0.05) is 41.9 Å². The molecule has 0 unspecified atom stereocenters. The second-order valence-corrected chi connectivity index (χ2v) is 7.24. The highest BCUT2D eigenvalue weighted by Crippen LogP contribution is 2.24. The first-order valence-electron chi connectivity index (χ1n) is 9.36. The summed E-state index contributed by atoms with van der Waals surface area (Å²) in [6, 6.07) is 13.5. The maximum Gasteiger partial charge on any atom is 0.293 e. The van der Waals surface area contributed by atoms with Crippen molar-refractivity contribution in [2.75, 3.05) is 20.6 Å². The number of hydrogen-bond acceptors (Lipinski definition) is 6. The molecule has 0 radical (unpaired) electrons. The number of halogens is 2. The SMILES string of the molecule is CN(C)C(=O)c1nc(CNC(=O)CN)n(-c2ccc(Cl)cc2C(=O)c2ccccc2)n1.Cl. The Balaban J connectivity index is 0.00000363. The van der Waals surface area contributed by atoms with Crippen LogP contribution >= 0.6 is 24.0 Å². The molecule has 1 aromatic heterocycles. The smallest absolute Gasteiger partial charge is 0.293 e. The van der Waals surface area contributed by atoms with E-state index in [1.54, 1.807) is 50.5 Å². The van der Waals surface area contributed by atoms with Crippen LogP contribution in [0.3, 0.4) is 0 Å². The fourth-order valence-corrected chi connectivity index (χ4v) is 2.98. The monoisotopic (exact) mass is 476 g/mol. The number of nitrogens with two attached hydrogens (primary N) is 1. The lowest BCUT2D eigenvalue weighted by atomic mass is 10.0. The maximum absolute atomic E-state index is 13.2. The van der Waals surface area contributed by atoms with Crippen LogP contribution in [0.4, 0.5) is 0 Å². The number of hydrogen-bond donors (Lipinski definition) is 2. The number of carbonyl (C=O) groups excluding carboxylic acids is 3. The average Bonchev–Trinajstić information content (AvgIpc) is 3.20. The van der Waals surface area contributed by atoms with E-state index in [9.17, 15) is 14.4 Å². The van der Waals surface area contributed by atoms with E-state index in [1.807, 2.05) is 6.07 Å². The zero-order valence-corrected chi connectivity index (χ0v) is 19.0.